The van der Waals surface area contributed by atoms with Crippen LogP contribution < -0.4 is 5.32 Å². The maximum atomic E-state index is 13.4. The first kappa shape index (κ1) is 21.0. The predicted molar refractivity (Wildman–Crippen MR) is 112 cm³/mol. The summed E-state index contributed by atoms with van der Waals surface area (Å²) >= 11 is 0. The second-order valence-corrected chi connectivity index (χ2v) is 11.0. The molecule has 6 rings (SSSR count). The van der Waals surface area contributed by atoms with E-state index in [0.29, 0.717) is 24.3 Å². The van der Waals surface area contributed by atoms with Gasteiger partial charge in [-0.1, -0.05) is 17.2 Å². The van der Waals surface area contributed by atoms with Crippen molar-refractivity contribution in [1.29, 1.82) is 0 Å². The van der Waals surface area contributed by atoms with E-state index in [9.17, 15) is 19.2 Å². The minimum Gasteiger partial charge on any atom is -0.444 e. The monoisotopic (exact) mass is 440 g/mol. The van der Waals surface area contributed by atoms with E-state index < -0.39 is 40.4 Å². The van der Waals surface area contributed by atoms with Crippen LogP contribution in [0, 0.1) is 17.3 Å². The van der Waals surface area contributed by atoms with E-state index in [1.807, 2.05) is 20.8 Å². The summed E-state index contributed by atoms with van der Waals surface area (Å²) in [4.78, 5) is 56.8. The minimum atomic E-state index is -0.825. The highest BCUT2D eigenvalue weighted by Crippen LogP contribution is 2.62. The van der Waals surface area contributed by atoms with Crippen LogP contribution in [-0.2, 0) is 14.4 Å². The van der Waals surface area contributed by atoms with Crippen molar-refractivity contribution in [2.45, 2.75) is 70.4 Å². The Bertz CT molecular complexity index is 977. The molecule has 5 aliphatic rings. The third-order valence-electron chi connectivity index (χ3n) is 7.19. The maximum Gasteiger partial charge on any atom is 0.408 e. The summed E-state index contributed by atoms with van der Waals surface area (Å²) in [5, 5.41) is 3.67. The van der Waals surface area contributed by atoms with Gasteiger partial charge in [0, 0.05) is 5.54 Å². The van der Waals surface area contributed by atoms with Crippen LogP contribution in [0.1, 0.15) is 80.0 Å². The number of nitrogens with zero attached hydrogens (tertiary/aromatic N) is 1. The van der Waals surface area contributed by atoms with Crippen molar-refractivity contribution in [3.05, 3.63) is 35.4 Å². The van der Waals surface area contributed by atoms with Crippen LogP contribution in [0.4, 0.5) is 4.79 Å². The molecular weight excluding hydrogens is 412 g/mol. The summed E-state index contributed by atoms with van der Waals surface area (Å²) in [6.45, 7) is 5.44. The lowest BCUT2D eigenvalue weighted by atomic mass is 9.47. The van der Waals surface area contributed by atoms with Gasteiger partial charge in [0.2, 0.25) is 0 Å². The highest BCUT2D eigenvalue weighted by molar-refractivity contribution is 6.20. The smallest absolute Gasteiger partial charge is 0.408 e. The summed E-state index contributed by atoms with van der Waals surface area (Å²) in [7, 11) is 0. The van der Waals surface area contributed by atoms with Gasteiger partial charge >= 0.3 is 12.1 Å². The first-order valence-corrected chi connectivity index (χ1v) is 11.2. The number of benzene rings is 1. The Kier molecular flexibility index (Phi) is 4.45. The number of hydrogen-bond acceptors (Lipinski definition) is 6. The van der Waals surface area contributed by atoms with E-state index in [2.05, 4.69) is 5.32 Å². The first-order chi connectivity index (χ1) is 15.0. The minimum absolute atomic E-state index is 0.235. The number of carbonyl (C=O) groups is 4. The van der Waals surface area contributed by atoms with E-state index in [-0.39, 0.29) is 23.0 Å². The second-order valence-electron chi connectivity index (χ2n) is 11.0. The lowest BCUT2D eigenvalue weighted by Gasteiger charge is -2.60. The third kappa shape index (κ3) is 3.36. The molecule has 0 spiro atoms. The molecule has 0 radical (unpaired) electrons. The van der Waals surface area contributed by atoms with E-state index in [4.69, 9.17) is 9.57 Å². The number of ether oxygens (including phenoxy) is 1. The van der Waals surface area contributed by atoms with Crippen LogP contribution in [0.5, 0.6) is 0 Å². The van der Waals surface area contributed by atoms with Crippen molar-refractivity contribution in [3.8, 4) is 0 Å². The molecule has 2 atom stereocenters. The maximum absolute atomic E-state index is 13.4. The largest absolute Gasteiger partial charge is 0.444 e. The number of hydroxylamine groups is 2. The Labute approximate surface area is 186 Å². The van der Waals surface area contributed by atoms with E-state index in [1.54, 1.807) is 24.3 Å². The van der Waals surface area contributed by atoms with Gasteiger partial charge in [-0.15, -0.1) is 0 Å². The molecule has 170 valence electrons. The second kappa shape index (κ2) is 6.80. The normalized spacial score (nSPS) is 32.7. The molecular formula is C24H28N2O6. The molecule has 4 fully saturated rings. The molecule has 2 unspecified atom stereocenters. The third-order valence-corrected chi connectivity index (χ3v) is 7.19. The Morgan fingerprint density at radius 1 is 1.00 bits per heavy atom. The number of imide groups is 1. The van der Waals surface area contributed by atoms with E-state index >= 15 is 0 Å². The van der Waals surface area contributed by atoms with Crippen LogP contribution in [0.25, 0.3) is 0 Å². The fourth-order valence-electron chi connectivity index (χ4n) is 6.60. The number of alkyl carbamates (subject to hydrolysis) is 1. The molecule has 1 aromatic rings. The fraction of sp³-hybridized carbons (Fsp3) is 0.583. The summed E-state index contributed by atoms with van der Waals surface area (Å²) < 4.78 is 5.48. The zero-order valence-electron chi connectivity index (χ0n) is 18.6. The zero-order chi connectivity index (χ0) is 22.9. The lowest BCUT2D eigenvalue weighted by Crippen LogP contribution is -2.65. The molecule has 1 aromatic carbocycles. The molecule has 1 heterocycles. The van der Waals surface area contributed by atoms with Crippen molar-refractivity contribution in [1.82, 2.24) is 10.4 Å². The van der Waals surface area contributed by atoms with E-state index in [1.165, 1.54) is 0 Å². The zero-order valence-corrected chi connectivity index (χ0v) is 18.6. The van der Waals surface area contributed by atoms with Crippen LogP contribution in [-0.4, -0.2) is 40.1 Å². The number of hydrogen-bond donors (Lipinski definition) is 1. The van der Waals surface area contributed by atoms with Crippen molar-refractivity contribution >= 4 is 23.9 Å². The van der Waals surface area contributed by atoms with Gasteiger partial charge in [0.25, 0.3) is 11.8 Å². The van der Waals surface area contributed by atoms with Gasteiger partial charge in [0.1, 0.15) is 5.60 Å². The molecule has 1 N–H and O–H groups in total. The van der Waals surface area contributed by atoms with Gasteiger partial charge < -0.3 is 14.9 Å². The average Bonchev–Trinajstić information content (AvgIpc) is 2.90. The standard InChI is InChI=1S/C24H28N2O6/c1-22(2,3)31-21(30)25-24-11-14-8-15(12-24)10-23(9-14,13-24)20(29)32-26-18(27)16-6-4-5-7-17(16)19(26)28/h4-7,14-15H,8-13H2,1-3H3,(H,25,30). The average molecular weight is 440 g/mol. The number of carbonyl (C=O) groups excluding carboxylic acids is 4. The molecule has 0 saturated heterocycles. The van der Waals surface area contributed by atoms with Gasteiger partial charge in [-0.3, -0.25) is 9.59 Å². The molecule has 3 amide bonds. The SMILES string of the molecule is CC(C)(C)OC(=O)NC12CC3CC(C1)CC(C(=O)ON1C(=O)c4ccccc4C1=O)(C3)C2. The fourth-order valence-corrected chi connectivity index (χ4v) is 6.60. The Hall–Kier alpha value is -2.90. The number of rotatable bonds is 3. The highest BCUT2D eigenvalue weighted by Gasteiger charge is 2.62. The predicted octanol–water partition coefficient (Wildman–Crippen LogP) is 3.60. The first-order valence-electron chi connectivity index (χ1n) is 11.2. The molecule has 0 aromatic heterocycles. The summed E-state index contributed by atoms with van der Waals surface area (Å²) in [5.74, 6) is -1.24. The van der Waals surface area contributed by atoms with Gasteiger partial charge in [-0.05, 0) is 83.3 Å². The van der Waals surface area contributed by atoms with Crippen LogP contribution >= 0.6 is 0 Å². The number of fused-ring (bicyclic) bond motifs is 1. The Morgan fingerprint density at radius 3 is 2.09 bits per heavy atom. The molecule has 4 aliphatic carbocycles. The quantitative estimate of drug-likeness (QED) is 0.721. The van der Waals surface area contributed by atoms with Crippen molar-refractivity contribution < 1.29 is 28.8 Å². The number of nitrogens with one attached hydrogen (secondary N) is 1. The summed E-state index contributed by atoms with van der Waals surface area (Å²) in [6.07, 6.45) is 3.83. The van der Waals surface area contributed by atoms with Gasteiger partial charge in [0.05, 0.1) is 16.5 Å². The van der Waals surface area contributed by atoms with Gasteiger partial charge in [-0.2, -0.15) is 0 Å². The van der Waals surface area contributed by atoms with Crippen LogP contribution in [0.15, 0.2) is 24.3 Å². The summed E-state index contributed by atoms with van der Waals surface area (Å²) in [6, 6.07) is 6.43. The van der Waals surface area contributed by atoms with Gasteiger partial charge in [0.15, 0.2) is 0 Å². The highest BCUT2D eigenvalue weighted by atomic mass is 16.7. The van der Waals surface area contributed by atoms with Crippen molar-refractivity contribution in [2.75, 3.05) is 0 Å². The molecule has 8 heteroatoms. The summed E-state index contributed by atoms with van der Waals surface area (Å²) in [5.41, 5.74) is -1.51. The van der Waals surface area contributed by atoms with Crippen LogP contribution in [0.2, 0.25) is 0 Å². The topological polar surface area (TPSA) is 102 Å². The molecule has 32 heavy (non-hydrogen) atoms. The Morgan fingerprint density at radius 2 is 1.56 bits per heavy atom. The van der Waals surface area contributed by atoms with Gasteiger partial charge in [-0.25, -0.2) is 9.59 Å². The van der Waals surface area contributed by atoms with E-state index in [0.717, 1.165) is 19.3 Å². The Balaban J connectivity index is 1.36. The van der Waals surface area contributed by atoms with Crippen LogP contribution in [0.3, 0.4) is 0 Å². The molecule has 4 bridgehead atoms. The molecule has 1 aliphatic heterocycles. The lowest BCUT2D eigenvalue weighted by molar-refractivity contribution is -0.197. The molecule has 4 saturated carbocycles. The number of amides is 3. The van der Waals surface area contributed by atoms with Crippen molar-refractivity contribution in [2.24, 2.45) is 17.3 Å². The van der Waals surface area contributed by atoms with Crippen molar-refractivity contribution in [3.63, 3.8) is 0 Å². The molecule has 8 nitrogen and oxygen atoms in total.